The molecule has 2 aliphatic rings. The topological polar surface area (TPSA) is 6.48 Å². The van der Waals surface area contributed by atoms with Gasteiger partial charge in [0.1, 0.15) is 0 Å². The lowest BCUT2D eigenvalue weighted by Gasteiger charge is -2.30. The molecular formula is C66H52N2. The fourth-order valence-electron chi connectivity index (χ4n) is 11.5. The van der Waals surface area contributed by atoms with Crippen LogP contribution in [0.1, 0.15) is 61.1 Å². The van der Waals surface area contributed by atoms with Gasteiger partial charge in [-0.1, -0.05) is 199 Å². The number of benzene rings is 10. The second-order valence-corrected chi connectivity index (χ2v) is 19.4. The highest BCUT2D eigenvalue weighted by molar-refractivity contribution is 6.04. The first kappa shape index (κ1) is 41.2. The molecule has 326 valence electrons. The summed E-state index contributed by atoms with van der Waals surface area (Å²) in [5, 5.41) is 4.73. The zero-order chi connectivity index (χ0) is 46.3. The van der Waals surface area contributed by atoms with Crippen LogP contribution in [0.25, 0.3) is 67.1 Å². The van der Waals surface area contributed by atoms with Gasteiger partial charge in [-0.05, 0) is 138 Å². The van der Waals surface area contributed by atoms with Crippen LogP contribution in [-0.2, 0) is 10.8 Å². The van der Waals surface area contributed by atoms with E-state index in [9.17, 15) is 0 Å². The maximum atomic E-state index is 4.15. The van der Waals surface area contributed by atoms with Crippen LogP contribution in [0.4, 0.5) is 34.1 Å². The lowest BCUT2D eigenvalue weighted by atomic mass is 9.82. The predicted octanol–water partition coefficient (Wildman–Crippen LogP) is 18.5. The van der Waals surface area contributed by atoms with Crippen LogP contribution in [0.2, 0.25) is 0 Å². The number of anilines is 6. The summed E-state index contributed by atoms with van der Waals surface area (Å²) in [7, 11) is 0. The lowest BCUT2D eigenvalue weighted by Crippen LogP contribution is -2.16. The van der Waals surface area contributed by atoms with Crippen LogP contribution in [-0.4, -0.2) is 0 Å². The number of rotatable bonds is 9. The van der Waals surface area contributed by atoms with Gasteiger partial charge in [-0.3, -0.25) is 0 Å². The first-order chi connectivity index (χ1) is 33.1. The second kappa shape index (κ2) is 15.7. The number of nitrogens with zero attached hydrogens (tertiary/aromatic N) is 2. The SMILES string of the molecule is C=Cc1ccc(N(c2ccc(-c3ccc(N(c4ccc5c(c4)C(C)(C)c4ccccc4-5)c4ccc(C=C)c5ccccc45)cc3)cc2)c2ccc3c(c2)C(C)(C)c2ccccc2-3)c2ccccc12. The Hall–Kier alpha value is -8.20. The highest BCUT2D eigenvalue weighted by Gasteiger charge is 2.37. The van der Waals surface area contributed by atoms with Crippen molar-refractivity contribution < 1.29 is 0 Å². The maximum absolute atomic E-state index is 4.15. The Balaban J connectivity index is 0.951. The van der Waals surface area contributed by atoms with Gasteiger partial charge >= 0.3 is 0 Å². The minimum absolute atomic E-state index is 0.126. The third-order valence-corrected chi connectivity index (χ3v) is 15.0. The van der Waals surface area contributed by atoms with Crippen molar-refractivity contribution in [3.05, 3.63) is 253 Å². The molecule has 0 bridgehead atoms. The predicted molar refractivity (Wildman–Crippen MR) is 292 cm³/mol. The van der Waals surface area contributed by atoms with Crippen molar-refractivity contribution >= 4 is 67.8 Å². The summed E-state index contributed by atoms with van der Waals surface area (Å²) in [5.41, 5.74) is 21.7. The number of fused-ring (bicyclic) bond motifs is 8. The zero-order valence-corrected chi connectivity index (χ0v) is 39.1. The molecule has 0 radical (unpaired) electrons. The Morgan fingerprint density at radius 1 is 0.324 bits per heavy atom. The van der Waals surface area contributed by atoms with Gasteiger partial charge in [0.05, 0.1) is 11.4 Å². The normalized spacial score (nSPS) is 13.6. The maximum Gasteiger partial charge on any atom is 0.0540 e. The van der Waals surface area contributed by atoms with Crippen molar-refractivity contribution in [2.75, 3.05) is 9.80 Å². The van der Waals surface area contributed by atoms with E-state index in [0.717, 1.165) is 56.4 Å². The van der Waals surface area contributed by atoms with E-state index >= 15 is 0 Å². The summed E-state index contributed by atoms with van der Waals surface area (Å²) >= 11 is 0. The van der Waals surface area contributed by atoms with Crippen LogP contribution in [0.5, 0.6) is 0 Å². The first-order valence-electron chi connectivity index (χ1n) is 23.7. The van der Waals surface area contributed by atoms with E-state index in [4.69, 9.17) is 0 Å². The molecule has 0 atom stereocenters. The monoisotopic (exact) mass is 872 g/mol. The molecule has 0 N–H and O–H groups in total. The van der Waals surface area contributed by atoms with Crippen molar-refractivity contribution in [2.24, 2.45) is 0 Å². The molecule has 68 heavy (non-hydrogen) atoms. The van der Waals surface area contributed by atoms with Crippen LogP contribution in [0, 0.1) is 0 Å². The molecule has 12 rings (SSSR count). The molecular weight excluding hydrogens is 821 g/mol. The van der Waals surface area contributed by atoms with Gasteiger partial charge < -0.3 is 9.80 Å². The van der Waals surface area contributed by atoms with E-state index in [2.05, 4.69) is 257 Å². The van der Waals surface area contributed by atoms with E-state index in [1.54, 1.807) is 0 Å². The van der Waals surface area contributed by atoms with Gasteiger partial charge in [0.15, 0.2) is 0 Å². The molecule has 10 aromatic rings. The molecule has 0 heterocycles. The Kier molecular flexibility index (Phi) is 9.53. The van der Waals surface area contributed by atoms with E-state index in [0.29, 0.717) is 0 Å². The molecule has 0 amide bonds. The van der Waals surface area contributed by atoms with Crippen LogP contribution in [0.15, 0.2) is 219 Å². The average molecular weight is 873 g/mol. The van der Waals surface area contributed by atoms with Crippen molar-refractivity contribution in [1.29, 1.82) is 0 Å². The van der Waals surface area contributed by atoms with Gasteiger partial charge in [0.25, 0.3) is 0 Å². The summed E-state index contributed by atoms with van der Waals surface area (Å²) in [4.78, 5) is 4.86. The summed E-state index contributed by atoms with van der Waals surface area (Å²) in [6.07, 6.45) is 3.91. The Morgan fingerprint density at radius 2 is 0.662 bits per heavy atom. The molecule has 0 fully saturated rings. The van der Waals surface area contributed by atoms with Crippen molar-refractivity contribution in [2.45, 2.75) is 38.5 Å². The van der Waals surface area contributed by atoms with Gasteiger partial charge in [-0.2, -0.15) is 0 Å². The quantitative estimate of drug-likeness (QED) is 0.143. The highest BCUT2D eigenvalue weighted by Crippen LogP contribution is 2.53. The summed E-state index contributed by atoms with van der Waals surface area (Å²) < 4.78 is 0. The summed E-state index contributed by atoms with van der Waals surface area (Å²) in [5.74, 6) is 0. The third-order valence-electron chi connectivity index (χ3n) is 15.0. The molecule has 0 aliphatic heterocycles. The third kappa shape index (κ3) is 6.32. The Labute approximate surface area is 400 Å². The van der Waals surface area contributed by atoms with Crippen molar-refractivity contribution in [1.82, 2.24) is 0 Å². The highest BCUT2D eigenvalue weighted by atomic mass is 15.1. The number of hydrogen-bond donors (Lipinski definition) is 0. The standard InChI is InChI=1S/C66H52N2/c1-7-43-29-39-63(57-21-11-9-17-51(43)57)67(49-35-37-55-53-19-13-15-23-59(53)65(3,4)61(55)41-49)47-31-25-45(26-32-47)46-27-33-48(34-28-46)68(64-40-30-44(8-2)52-18-10-12-22-58(52)64)50-36-38-56-54-20-14-16-24-60(54)66(5,6)62(56)42-50/h7-42H,1-2H2,3-6H3. The summed E-state index contributed by atoms with van der Waals surface area (Å²) in [6, 6.07) is 76.2. The first-order valence-corrected chi connectivity index (χ1v) is 23.7. The van der Waals surface area contributed by atoms with Gasteiger partial charge in [0.2, 0.25) is 0 Å². The second-order valence-electron chi connectivity index (χ2n) is 19.4. The number of hydrogen-bond acceptors (Lipinski definition) is 2. The molecule has 2 aliphatic carbocycles. The van der Waals surface area contributed by atoms with Gasteiger partial charge in [-0.15, -0.1) is 0 Å². The van der Waals surface area contributed by atoms with Crippen LogP contribution >= 0.6 is 0 Å². The molecule has 10 aromatic carbocycles. The minimum atomic E-state index is -0.126. The van der Waals surface area contributed by atoms with E-state index in [-0.39, 0.29) is 10.8 Å². The Bertz CT molecular complexity index is 3420. The fraction of sp³-hybridized carbons (Fsp3) is 0.0909. The molecule has 2 nitrogen and oxygen atoms in total. The van der Waals surface area contributed by atoms with Gasteiger partial charge in [0, 0.05) is 44.4 Å². The minimum Gasteiger partial charge on any atom is -0.310 e. The Morgan fingerprint density at radius 3 is 1.06 bits per heavy atom. The fourth-order valence-corrected chi connectivity index (χ4v) is 11.5. The van der Waals surface area contributed by atoms with Gasteiger partial charge in [-0.25, -0.2) is 0 Å². The molecule has 0 aromatic heterocycles. The average Bonchev–Trinajstić information content (AvgIpc) is 3.75. The van der Waals surface area contributed by atoms with Crippen LogP contribution in [0.3, 0.4) is 0 Å². The molecule has 0 spiro atoms. The smallest absolute Gasteiger partial charge is 0.0540 e. The van der Waals surface area contributed by atoms with E-state index in [1.807, 2.05) is 12.2 Å². The molecule has 0 saturated heterocycles. The summed E-state index contributed by atoms with van der Waals surface area (Å²) in [6.45, 7) is 17.7. The van der Waals surface area contributed by atoms with E-state index in [1.165, 1.54) is 66.1 Å². The molecule has 2 heteroatoms. The largest absolute Gasteiger partial charge is 0.310 e. The van der Waals surface area contributed by atoms with Crippen molar-refractivity contribution in [3.8, 4) is 33.4 Å². The lowest BCUT2D eigenvalue weighted by molar-refractivity contribution is 0.660. The molecule has 0 unspecified atom stereocenters. The zero-order valence-electron chi connectivity index (χ0n) is 39.1. The van der Waals surface area contributed by atoms with Crippen LogP contribution < -0.4 is 9.80 Å². The van der Waals surface area contributed by atoms with E-state index < -0.39 is 0 Å². The molecule has 0 saturated carbocycles. The van der Waals surface area contributed by atoms with Crippen molar-refractivity contribution in [3.63, 3.8) is 0 Å².